The largest absolute Gasteiger partial charge is 0.381 e. The van der Waals surface area contributed by atoms with Gasteiger partial charge in [-0.05, 0) is 38.9 Å². The highest BCUT2D eigenvalue weighted by Crippen LogP contribution is 2.11. The van der Waals surface area contributed by atoms with Gasteiger partial charge in [0.1, 0.15) is 0 Å². The number of aromatic nitrogens is 1. The minimum Gasteiger partial charge on any atom is -0.381 e. The Hall–Kier alpha value is -1.16. The molecule has 1 aliphatic heterocycles. The summed E-state index contributed by atoms with van der Waals surface area (Å²) >= 11 is 0. The normalized spacial score (nSPS) is 18.6. The molecule has 0 amide bonds. The molecule has 0 aliphatic carbocycles. The zero-order valence-corrected chi connectivity index (χ0v) is 9.62. The average molecular weight is 223 g/mol. The van der Waals surface area contributed by atoms with E-state index in [9.17, 15) is 4.39 Å². The Morgan fingerprint density at radius 2 is 2.25 bits per heavy atom. The van der Waals surface area contributed by atoms with E-state index in [0.717, 1.165) is 12.2 Å². The molecule has 0 aromatic carbocycles. The molecule has 1 aromatic heterocycles. The van der Waals surface area contributed by atoms with Crippen molar-refractivity contribution < 1.29 is 4.39 Å². The van der Waals surface area contributed by atoms with Crippen LogP contribution in [0.2, 0.25) is 0 Å². The second kappa shape index (κ2) is 5.25. The summed E-state index contributed by atoms with van der Waals surface area (Å²) in [6, 6.07) is 3.56. The summed E-state index contributed by atoms with van der Waals surface area (Å²) in [5.74, 6) is -0.432. The van der Waals surface area contributed by atoms with E-state index in [2.05, 4.69) is 22.1 Å². The number of hydrogen-bond acceptors (Lipinski definition) is 3. The topological polar surface area (TPSA) is 28.2 Å². The third-order valence-electron chi connectivity index (χ3n) is 2.87. The van der Waals surface area contributed by atoms with Crippen molar-refractivity contribution in [3.63, 3.8) is 0 Å². The molecule has 1 atom stereocenters. The molecule has 16 heavy (non-hydrogen) atoms. The molecular weight excluding hydrogens is 205 g/mol. The first kappa shape index (κ1) is 11.3. The van der Waals surface area contributed by atoms with Crippen LogP contribution in [-0.4, -0.2) is 35.6 Å². The molecule has 1 unspecified atom stereocenters. The summed E-state index contributed by atoms with van der Waals surface area (Å²) in [6.45, 7) is 5.52. The second-order valence-corrected chi connectivity index (χ2v) is 4.42. The van der Waals surface area contributed by atoms with Gasteiger partial charge in [-0.2, -0.15) is 4.39 Å². The van der Waals surface area contributed by atoms with Gasteiger partial charge in [0.25, 0.3) is 0 Å². The van der Waals surface area contributed by atoms with Gasteiger partial charge in [-0.25, -0.2) is 4.98 Å². The summed E-state index contributed by atoms with van der Waals surface area (Å²) in [5.41, 5.74) is 0.805. The van der Waals surface area contributed by atoms with E-state index >= 15 is 0 Å². The monoisotopic (exact) mass is 223 g/mol. The fraction of sp³-hybridized carbons (Fsp3) is 0.583. The molecule has 1 aliphatic rings. The molecule has 0 saturated carbocycles. The minimum atomic E-state index is -0.432. The molecule has 3 nitrogen and oxygen atoms in total. The van der Waals surface area contributed by atoms with Crippen molar-refractivity contribution in [2.45, 2.75) is 25.8 Å². The van der Waals surface area contributed by atoms with Gasteiger partial charge in [0.05, 0.1) is 0 Å². The zero-order chi connectivity index (χ0) is 11.4. The highest BCUT2D eigenvalue weighted by molar-refractivity contribution is 5.42. The number of hydrogen-bond donors (Lipinski definition) is 1. The Morgan fingerprint density at radius 3 is 2.94 bits per heavy atom. The third-order valence-corrected chi connectivity index (χ3v) is 2.87. The van der Waals surface area contributed by atoms with E-state index in [0.29, 0.717) is 6.04 Å². The second-order valence-electron chi connectivity index (χ2n) is 4.42. The van der Waals surface area contributed by atoms with Crippen LogP contribution in [0.5, 0.6) is 0 Å². The molecule has 0 bridgehead atoms. The lowest BCUT2D eigenvalue weighted by Crippen LogP contribution is -2.32. The van der Waals surface area contributed by atoms with E-state index in [1.165, 1.54) is 38.2 Å². The van der Waals surface area contributed by atoms with Gasteiger partial charge in [-0.1, -0.05) is 0 Å². The lowest BCUT2D eigenvalue weighted by Gasteiger charge is -2.21. The Morgan fingerprint density at radius 1 is 1.50 bits per heavy atom. The molecular formula is C12H18FN3. The van der Waals surface area contributed by atoms with Crippen LogP contribution in [0.1, 0.15) is 19.8 Å². The first-order valence-corrected chi connectivity index (χ1v) is 5.84. The van der Waals surface area contributed by atoms with Crippen LogP contribution in [0, 0.1) is 5.95 Å². The van der Waals surface area contributed by atoms with Crippen molar-refractivity contribution in [1.29, 1.82) is 0 Å². The highest BCUT2D eigenvalue weighted by Gasteiger charge is 2.14. The molecule has 88 valence electrons. The van der Waals surface area contributed by atoms with Crippen LogP contribution < -0.4 is 5.32 Å². The molecule has 1 aromatic rings. The van der Waals surface area contributed by atoms with E-state index < -0.39 is 5.95 Å². The fourth-order valence-electron chi connectivity index (χ4n) is 2.17. The van der Waals surface area contributed by atoms with E-state index in [-0.39, 0.29) is 0 Å². The maximum Gasteiger partial charge on any atom is 0.214 e. The van der Waals surface area contributed by atoms with Crippen LogP contribution in [-0.2, 0) is 0 Å². The number of nitrogens with one attached hydrogen (secondary N) is 1. The molecule has 0 spiro atoms. The Balaban J connectivity index is 1.84. The summed E-state index contributed by atoms with van der Waals surface area (Å²) in [5, 5.41) is 3.29. The Labute approximate surface area is 95.7 Å². The SMILES string of the molecule is CC(CN1CCCC1)Nc1ccnc(F)c1. The predicted molar refractivity (Wildman–Crippen MR) is 63.0 cm³/mol. The van der Waals surface area contributed by atoms with Gasteiger partial charge >= 0.3 is 0 Å². The van der Waals surface area contributed by atoms with Gasteiger partial charge in [0, 0.05) is 30.5 Å². The molecule has 2 rings (SSSR count). The van der Waals surface area contributed by atoms with Gasteiger partial charge in [-0.15, -0.1) is 0 Å². The third kappa shape index (κ3) is 3.17. The Kier molecular flexibility index (Phi) is 3.72. The lowest BCUT2D eigenvalue weighted by atomic mass is 10.3. The number of pyridine rings is 1. The number of nitrogens with zero attached hydrogens (tertiary/aromatic N) is 2. The number of likely N-dealkylation sites (tertiary alicyclic amines) is 1. The van der Waals surface area contributed by atoms with Crippen molar-refractivity contribution >= 4 is 5.69 Å². The molecule has 1 N–H and O–H groups in total. The van der Waals surface area contributed by atoms with Crippen LogP contribution in [0.4, 0.5) is 10.1 Å². The molecule has 2 heterocycles. The van der Waals surface area contributed by atoms with Crippen molar-refractivity contribution in [3.8, 4) is 0 Å². The first-order chi connectivity index (χ1) is 7.74. The summed E-state index contributed by atoms with van der Waals surface area (Å²) < 4.78 is 12.9. The molecule has 1 saturated heterocycles. The van der Waals surface area contributed by atoms with Crippen molar-refractivity contribution in [2.75, 3.05) is 25.0 Å². The van der Waals surface area contributed by atoms with Crippen LogP contribution >= 0.6 is 0 Å². The molecule has 0 radical (unpaired) electrons. The van der Waals surface area contributed by atoms with Crippen molar-refractivity contribution in [1.82, 2.24) is 9.88 Å². The lowest BCUT2D eigenvalue weighted by molar-refractivity contribution is 0.328. The van der Waals surface area contributed by atoms with Crippen molar-refractivity contribution in [3.05, 3.63) is 24.3 Å². The summed E-state index contributed by atoms with van der Waals surface area (Å²) in [7, 11) is 0. The highest BCUT2D eigenvalue weighted by atomic mass is 19.1. The van der Waals surface area contributed by atoms with Gasteiger partial charge in [-0.3, -0.25) is 0 Å². The van der Waals surface area contributed by atoms with Crippen LogP contribution in [0.15, 0.2) is 18.3 Å². The van der Waals surface area contributed by atoms with Crippen LogP contribution in [0.3, 0.4) is 0 Å². The standard InChI is InChI=1S/C12H18FN3/c1-10(9-16-6-2-3-7-16)15-11-4-5-14-12(13)8-11/h4-5,8,10H,2-3,6-7,9H2,1H3,(H,14,15). The van der Waals surface area contributed by atoms with E-state index in [1.54, 1.807) is 6.07 Å². The average Bonchev–Trinajstić information content (AvgIpc) is 2.70. The smallest absolute Gasteiger partial charge is 0.214 e. The predicted octanol–water partition coefficient (Wildman–Crippen LogP) is 2.12. The van der Waals surface area contributed by atoms with Gasteiger partial charge < -0.3 is 10.2 Å². The van der Waals surface area contributed by atoms with E-state index in [1.807, 2.05) is 0 Å². The zero-order valence-electron chi connectivity index (χ0n) is 9.62. The van der Waals surface area contributed by atoms with E-state index in [4.69, 9.17) is 0 Å². The maximum absolute atomic E-state index is 12.9. The molecule has 1 fully saturated rings. The summed E-state index contributed by atoms with van der Waals surface area (Å²) in [4.78, 5) is 5.97. The van der Waals surface area contributed by atoms with Crippen molar-refractivity contribution in [2.24, 2.45) is 0 Å². The first-order valence-electron chi connectivity index (χ1n) is 5.84. The quantitative estimate of drug-likeness (QED) is 0.792. The summed E-state index contributed by atoms with van der Waals surface area (Å²) in [6.07, 6.45) is 4.09. The fourth-order valence-corrected chi connectivity index (χ4v) is 2.17. The number of anilines is 1. The number of halogens is 1. The van der Waals surface area contributed by atoms with Gasteiger partial charge in [0.2, 0.25) is 5.95 Å². The van der Waals surface area contributed by atoms with Gasteiger partial charge in [0.15, 0.2) is 0 Å². The minimum absolute atomic E-state index is 0.333. The van der Waals surface area contributed by atoms with Crippen LogP contribution in [0.25, 0.3) is 0 Å². The maximum atomic E-state index is 12.9. The molecule has 4 heteroatoms. The number of rotatable bonds is 4. The Bertz CT molecular complexity index is 337.